The highest BCUT2D eigenvalue weighted by molar-refractivity contribution is 7.09. The van der Waals surface area contributed by atoms with Crippen LogP contribution in [-0.4, -0.2) is 46.2 Å². The van der Waals surface area contributed by atoms with Gasteiger partial charge in [0.1, 0.15) is 12.4 Å². The summed E-state index contributed by atoms with van der Waals surface area (Å²) < 4.78 is 8.63. The number of amides is 2. The molecule has 0 spiro atoms. The summed E-state index contributed by atoms with van der Waals surface area (Å²) in [7, 11) is 0. The second-order valence-corrected chi connectivity index (χ2v) is 3.73. The molecule has 0 fully saturated rings. The lowest BCUT2D eigenvalue weighted by molar-refractivity contribution is -0.142. The number of anilines is 1. The van der Waals surface area contributed by atoms with Crippen molar-refractivity contribution in [2.24, 2.45) is 0 Å². The van der Waals surface area contributed by atoms with Gasteiger partial charge in [-0.05, 0) is 6.92 Å². The van der Waals surface area contributed by atoms with Gasteiger partial charge in [-0.25, -0.2) is 14.6 Å². The number of rotatable bonds is 6. The van der Waals surface area contributed by atoms with E-state index in [1.807, 2.05) is 0 Å². The van der Waals surface area contributed by atoms with Crippen LogP contribution < -0.4 is 10.6 Å². The smallest absolute Gasteiger partial charge is 0.329 e. The van der Waals surface area contributed by atoms with Crippen LogP contribution in [0.1, 0.15) is 5.82 Å². The van der Waals surface area contributed by atoms with Gasteiger partial charge in [0.05, 0.1) is 6.61 Å². The molecule has 0 radical (unpaired) electrons. The van der Waals surface area contributed by atoms with Crippen molar-refractivity contribution >= 4 is 28.7 Å². The molecule has 1 aromatic rings. The van der Waals surface area contributed by atoms with Gasteiger partial charge in [0.25, 0.3) is 0 Å². The third-order valence-corrected chi connectivity index (χ3v) is 2.23. The first kappa shape index (κ1) is 13.3. The summed E-state index contributed by atoms with van der Waals surface area (Å²) in [4.78, 5) is 25.3. The molecule has 0 atom stereocenters. The number of aryl methyl sites for hydroxylation is 1. The minimum absolute atomic E-state index is 0.134. The van der Waals surface area contributed by atoms with Crippen LogP contribution in [0.3, 0.4) is 0 Å². The van der Waals surface area contributed by atoms with Crippen molar-refractivity contribution in [2.45, 2.75) is 6.92 Å². The number of aliphatic carboxylic acids is 1. The molecule has 1 rings (SSSR count). The van der Waals surface area contributed by atoms with Crippen LogP contribution in [0.15, 0.2) is 0 Å². The predicted octanol–water partition coefficient (Wildman–Crippen LogP) is 0.0692. The Bertz CT molecular complexity index is 395. The SMILES string of the molecule is Cc1nsc(NC(=O)NCCOCC(=O)O)n1. The molecule has 0 saturated carbocycles. The molecule has 0 aliphatic rings. The van der Waals surface area contributed by atoms with E-state index in [2.05, 4.69) is 20.0 Å². The van der Waals surface area contributed by atoms with Gasteiger partial charge < -0.3 is 15.2 Å². The standard InChI is InChI=1S/C8H12N4O4S/c1-5-10-8(17-12-5)11-7(15)9-2-3-16-4-6(13)14/h2-4H2,1H3,(H,13,14)(H2,9,10,11,12,15). The molecule has 0 aliphatic heterocycles. The molecular formula is C8H12N4O4S. The zero-order valence-corrected chi connectivity index (χ0v) is 9.91. The average molecular weight is 260 g/mol. The zero-order chi connectivity index (χ0) is 12.7. The lowest BCUT2D eigenvalue weighted by Crippen LogP contribution is -2.31. The highest BCUT2D eigenvalue weighted by Crippen LogP contribution is 2.09. The maximum atomic E-state index is 11.3. The van der Waals surface area contributed by atoms with Gasteiger partial charge in [-0.2, -0.15) is 4.37 Å². The summed E-state index contributed by atoms with van der Waals surface area (Å²) in [6, 6.07) is -0.430. The third kappa shape index (κ3) is 5.78. The number of hydrogen-bond donors (Lipinski definition) is 3. The number of nitrogens with zero attached hydrogens (tertiary/aromatic N) is 2. The van der Waals surface area contributed by atoms with Crippen molar-refractivity contribution in [3.63, 3.8) is 0 Å². The third-order valence-electron chi connectivity index (χ3n) is 1.51. The van der Waals surface area contributed by atoms with E-state index in [0.717, 1.165) is 11.5 Å². The van der Waals surface area contributed by atoms with Crippen molar-refractivity contribution in [3.8, 4) is 0 Å². The van der Waals surface area contributed by atoms with Gasteiger partial charge >= 0.3 is 12.0 Å². The lowest BCUT2D eigenvalue weighted by atomic mass is 10.6. The second-order valence-electron chi connectivity index (χ2n) is 2.97. The van der Waals surface area contributed by atoms with E-state index in [-0.39, 0.29) is 19.8 Å². The average Bonchev–Trinajstić information content (AvgIpc) is 2.63. The van der Waals surface area contributed by atoms with Crippen LogP contribution in [0.5, 0.6) is 0 Å². The summed E-state index contributed by atoms with van der Waals surface area (Å²) in [6.45, 7) is 1.70. The molecule has 17 heavy (non-hydrogen) atoms. The molecule has 1 heterocycles. The lowest BCUT2D eigenvalue weighted by Gasteiger charge is -2.04. The van der Waals surface area contributed by atoms with Crippen molar-refractivity contribution < 1.29 is 19.4 Å². The predicted molar refractivity (Wildman–Crippen MR) is 60.1 cm³/mol. The van der Waals surface area contributed by atoms with Gasteiger partial charge in [0.2, 0.25) is 5.13 Å². The number of carbonyl (C=O) groups excluding carboxylic acids is 1. The monoisotopic (exact) mass is 260 g/mol. The molecule has 3 N–H and O–H groups in total. The topological polar surface area (TPSA) is 113 Å². The first-order valence-electron chi connectivity index (χ1n) is 4.72. The fourth-order valence-corrected chi connectivity index (χ4v) is 1.46. The highest BCUT2D eigenvalue weighted by atomic mass is 32.1. The fraction of sp³-hybridized carbons (Fsp3) is 0.500. The summed E-state index contributed by atoms with van der Waals surface area (Å²) in [6.07, 6.45) is 0. The number of ether oxygens (including phenoxy) is 1. The summed E-state index contributed by atoms with van der Waals surface area (Å²) in [5, 5.41) is 13.7. The van der Waals surface area contributed by atoms with Crippen LogP contribution in [0, 0.1) is 6.92 Å². The van der Waals surface area contributed by atoms with E-state index >= 15 is 0 Å². The van der Waals surface area contributed by atoms with Crippen molar-refractivity contribution in [2.75, 3.05) is 25.1 Å². The Balaban J connectivity index is 2.11. The van der Waals surface area contributed by atoms with Crippen LogP contribution in [0.25, 0.3) is 0 Å². The first-order valence-corrected chi connectivity index (χ1v) is 5.50. The van der Waals surface area contributed by atoms with Gasteiger partial charge in [-0.1, -0.05) is 0 Å². The first-order chi connectivity index (χ1) is 8.08. The van der Waals surface area contributed by atoms with Gasteiger partial charge in [0.15, 0.2) is 0 Å². The normalized spacial score (nSPS) is 9.94. The maximum absolute atomic E-state index is 11.3. The molecule has 0 saturated heterocycles. The van der Waals surface area contributed by atoms with E-state index in [4.69, 9.17) is 9.84 Å². The molecular weight excluding hydrogens is 248 g/mol. The van der Waals surface area contributed by atoms with Crippen LogP contribution >= 0.6 is 11.5 Å². The number of nitrogens with one attached hydrogen (secondary N) is 2. The fourth-order valence-electron chi connectivity index (χ4n) is 0.885. The molecule has 8 nitrogen and oxygen atoms in total. The molecule has 2 amide bonds. The zero-order valence-electron chi connectivity index (χ0n) is 9.10. The van der Waals surface area contributed by atoms with Gasteiger partial charge in [-0.3, -0.25) is 5.32 Å². The Hall–Kier alpha value is -1.74. The summed E-state index contributed by atoms with van der Waals surface area (Å²) in [5.74, 6) is -0.450. The molecule has 0 bridgehead atoms. The quantitative estimate of drug-likeness (QED) is 0.624. The summed E-state index contributed by atoms with van der Waals surface area (Å²) >= 11 is 1.08. The van der Waals surface area contributed by atoms with E-state index in [1.165, 1.54) is 0 Å². The van der Waals surface area contributed by atoms with Crippen LogP contribution in [0.4, 0.5) is 9.93 Å². The maximum Gasteiger partial charge on any atom is 0.329 e. The second kappa shape index (κ2) is 6.76. The number of urea groups is 1. The Morgan fingerprint density at radius 2 is 2.29 bits per heavy atom. The number of hydrogen-bond acceptors (Lipinski definition) is 6. The van der Waals surface area contributed by atoms with Crippen LogP contribution in [0.2, 0.25) is 0 Å². The Labute approximate surface area is 101 Å². The summed E-state index contributed by atoms with van der Waals surface area (Å²) in [5.41, 5.74) is 0. The number of carbonyl (C=O) groups is 2. The minimum Gasteiger partial charge on any atom is -0.480 e. The van der Waals surface area contributed by atoms with Crippen molar-refractivity contribution in [1.82, 2.24) is 14.7 Å². The molecule has 0 aromatic carbocycles. The molecule has 1 aromatic heterocycles. The van der Waals surface area contributed by atoms with Crippen LogP contribution in [-0.2, 0) is 9.53 Å². The van der Waals surface area contributed by atoms with E-state index in [1.54, 1.807) is 6.92 Å². The molecule has 94 valence electrons. The molecule has 0 aliphatic carbocycles. The van der Waals surface area contributed by atoms with Crippen molar-refractivity contribution in [3.05, 3.63) is 5.82 Å². The van der Waals surface area contributed by atoms with Gasteiger partial charge in [0, 0.05) is 18.1 Å². The Morgan fingerprint density at radius 3 is 2.88 bits per heavy atom. The minimum atomic E-state index is -1.04. The number of aromatic nitrogens is 2. The van der Waals surface area contributed by atoms with Crippen molar-refractivity contribution in [1.29, 1.82) is 0 Å². The molecule has 0 unspecified atom stereocenters. The number of carboxylic acids is 1. The largest absolute Gasteiger partial charge is 0.480 e. The van der Waals surface area contributed by atoms with Gasteiger partial charge in [-0.15, -0.1) is 0 Å². The Kier molecular flexibility index (Phi) is 5.30. The van der Waals surface area contributed by atoms with E-state index in [9.17, 15) is 9.59 Å². The van der Waals surface area contributed by atoms with E-state index < -0.39 is 12.0 Å². The highest BCUT2D eigenvalue weighted by Gasteiger charge is 2.05. The van der Waals surface area contributed by atoms with E-state index in [0.29, 0.717) is 11.0 Å². The number of carboxylic acid groups (broad SMARTS) is 1. The molecule has 9 heteroatoms. The Morgan fingerprint density at radius 1 is 1.53 bits per heavy atom.